The fourth-order valence-corrected chi connectivity index (χ4v) is 2.18. The number of piperidine rings is 1. The molecule has 0 aromatic heterocycles. The van der Waals surface area contributed by atoms with Gasteiger partial charge in [-0.05, 0) is 12.8 Å². The first-order valence-electron chi connectivity index (χ1n) is 3.53. The standard InChI is InChI=1S/C6H9NO2S.ClH/c8-6-9-5-3-1-2-4-7(5)10-6;/h5H,1-4H2;1H. The summed E-state index contributed by atoms with van der Waals surface area (Å²) in [5.41, 5.74) is 0. The van der Waals surface area contributed by atoms with E-state index in [0.29, 0.717) is 0 Å². The molecule has 2 fully saturated rings. The zero-order valence-electron chi connectivity index (χ0n) is 5.99. The van der Waals surface area contributed by atoms with Crippen molar-refractivity contribution in [3.63, 3.8) is 0 Å². The number of nitrogens with zero attached hydrogens (tertiary/aromatic N) is 1. The second-order valence-electron chi connectivity index (χ2n) is 2.57. The summed E-state index contributed by atoms with van der Waals surface area (Å²) >= 11 is 1.33. The van der Waals surface area contributed by atoms with Crippen molar-refractivity contribution in [3.05, 3.63) is 0 Å². The Morgan fingerprint density at radius 1 is 1.55 bits per heavy atom. The van der Waals surface area contributed by atoms with Crippen LogP contribution < -0.4 is 12.4 Å². The molecule has 1 N–H and O–H groups in total. The molecule has 2 aliphatic heterocycles. The van der Waals surface area contributed by atoms with Crippen LogP contribution in [0.4, 0.5) is 0 Å². The van der Waals surface area contributed by atoms with Crippen LogP contribution in [0.25, 0.3) is 0 Å². The van der Waals surface area contributed by atoms with E-state index in [1.165, 1.54) is 24.8 Å². The van der Waals surface area contributed by atoms with Gasteiger partial charge < -0.3 is 17.2 Å². The first-order valence-corrected chi connectivity index (χ1v) is 4.31. The van der Waals surface area contributed by atoms with Gasteiger partial charge in [0.2, 0.25) is 0 Å². The van der Waals surface area contributed by atoms with E-state index in [4.69, 9.17) is 9.53 Å². The van der Waals surface area contributed by atoms with Gasteiger partial charge in [-0.25, -0.2) is 0 Å². The third kappa shape index (κ3) is 1.80. The number of fused-ring (bicyclic) bond motifs is 1. The van der Waals surface area contributed by atoms with E-state index in [1.54, 1.807) is 0 Å². The fraction of sp³-hybridized carbons (Fsp3) is 0.833. The second-order valence-corrected chi connectivity index (χ2v) is 3.57. The molecule has 2 rings (SSSR count). The molecule has 11 heavy (non-hydrogen) atoms. The van der Waals surface area contributed by atoms with Crippen molar-refractivity contribution < 1.29 is 21.9 Å². The first kappa shape index (κ1) is 9.16. The highest BCUT2D eigenvalue weighted by molar-refractivity contribution is 8.11. The molecular formula is C6H10ClNO2S. The summed E-state index contributed by atoms with van der Waals surface area (Å²) in [6, 6.07) is 0. The largest absolute Gasteiger partial charge is 1.00 e. The Morgan fingerprint density at radius 2 is 2.36 bits per heavy atom. The van der Waals surface area contributed by atoms with Crippen LogP contribution in [0.15, 0.2) is 0 Å². The molecule has 2 aliphatic rings. The van der Waals surface area contributed by atoms with Crippen LogP contribution in [-0.2, 0) is 4.74 Å². The van der Waals surface area contributed by atoms with Crippen LogP contribution >= 0.6 is 11.9 Å². The Balaban J connectivity index is 0.000000605. The lowest BCUT2D eigenvalue weighted by molar-refractivity contribution is -0.00000706. The Bertz CT molecular complexity index is 151. The average molecular weight is 196 g/mol. The zero-order chi connectivity index (χ0) is 6.97. The summed E-state index contributed by atoms with van der Waals surface area (Å²) in [6.07, 6.45) is 3.64. The van der Waals surface area contributed by atoms with Crippen molar-refractivity contribution in [2.24, 2.45) is 0 Å². The summed E-state index contributed by atoms with van der Waals surface area (Å²) in [5.74, 6) is 0. The van der Waals surface area contributed by atoms with Crippen molar-refractivity contribution in [1.29, 1.82) is 0 Å². The number of hydrogen-bond acceptors (Lipinski definition) is 3. The number of hydrogen-bond donors (Lipinski definition) is 0. The Labute approximate surface area is 76.0 Å². The molecule has 0 saturated carbocycles. The van der Waals surface area contributed by atoms with E-state index < -0.39 is 0 Å². The molecule has 0 bridgehead atoms. The molecular weight excluding hydrogens is 186 g/mol. The van der Waals surface area contributed by atoms with Crippen LogP contribution in [0, 0.1) is 0 Å². The minimum Gasteiger partial charge on any atom is -1.00 e. The predicted molar refractivity (Wildman–Crippen MR) is 40.0 cm³/mol. The van der Waals surface area contributed by atoms with E-state index in [9.17, 15) is 0 Å². The van der Waals surface area contributed by atoms with Gasteiger partial charge in [-0.1, -0.05) is 0 Å². The third-order valence-corrected chi connectivity index (χ3v) is 2.74. The summed E-state index contributed by atoms with van der Waals surface area (Å²) in [7, 11) is 0. The molecule has 0 aliphatic carbocycles. The van der Waals surface area contributed by atoms with Gasteiger partial charge in [0.25, 0.3) is 6.23 Å². The molecule has 0 spiro atoms. The van der Waals surface area contributed by atoms with Crippen molar-refractivity contribution in [2.45, 2.75) is 25.5 Å². The number of ether oxygens (including phenoxy) is 1. The molecule has 1 unspecified atom stereocenters. The summed E-state index contributed by atoms with van der Waals surface area (Å²) in [6.45, 7) is 1.04. The lowest BCUT2D eigenvalue weighted by Crippen LogP contribution is -3.00. The monoisotopic (exact) mass is 195 g/mol. The average Bonchev–Trinajstić information content (AvgIpc) is 2.27. The van der Waals surface area contributed by atoms with Crippen LogP contribution in [-0.4, -0.2) is 27.2 Å². The molecule has 3 nitrogen and oxygen atoms in total. The van der Waals surface area contributed by atoms with E-state index in [1.807, 2.05) is 0 Å². The predicted octanol–water partition coefficient (Wildman–Crippen LogP) is -2.06. The van der Waals surface area contributed by atoms with Gasteiger partial charge in [-0.3, -0.25) is 4.74 Å². The number of halogens is 1. The topological polar surface area (TPSA) is 33.9 Å². The second kappa shape index (κ2) is 3.65. The summed E-state index contributed by atoms with van der Waals surface area (Å²) in [5, 5.41) is 0.118. The van der Waals surface area contributed by atoms with E-state index >= 15 is 0 Å². The molecule has 0 aromatic rings. The SMILES string of the molecule is [Cl-].[OH+]=C1OC2CCCCN2S1. The smallest absolute Gasteiger partial charge is 0.567 e. The molecule has 2 saturated heterocycles. The Morgan fingerprint density at radius 3 is 3.09 bits per heavy atom. The highest BCUT2D eigenvalue weighted by atomic mass is 35.5. The van der Waals surface area contributed by atoms with E-state index in [0.717, 1.165) is 13.0 Å². The van der Waals surface area contributed by atoms with Gasteiger partial charge in [-0.15, -0.1) is 0 Å². The van der Waals surface area contributed by atoms with E-state index in [-0.39, 0.29) is 23.9 Å². The van der Waals surface area contributed by atoms with Crippen LogP contribution in [0.3, 0.4) is 0 Å². The van der Waals surface area contributed by atoms with Crippen molar-refractivity contribution >= 4 is 17.2 Å². The van der Waals surface area contributed by atoms with Crippen LogP contribution in [0.1, 0.15) is 19.3 Å². The molecule has 2 heterocycles. The van der Waals surface area contributed by atoms with E-state index in [2.05, 4.69) is 4.31 Å². The van der Waals surface area contributed by atoms with Crippen molar-refractivity contribution in [2.75, 3.05) is 6.54 Å². The number of carbonyl (C=O) groups excluding carboxylic acids is 1. The van der Waals surface area contributed by atoms with Crippen molar-refractivity contribution in [1.82, 2.24) is 4.31 Å². The minimum atomic E-state index is 0. The van der Waals surface area contributed by atoms with Gasteiger partial charge in [0, 0.05) is 13.0 Å². The molecule has 1 atom stereocenters. The van der Waals surface area contributed by atoms with Crippen LogP contribution in [0.2, 0.25) is 0 Å². The lowest BCUT2D eigenvalue weighted by Gasteiger charge is -2.19. The van der Waals surface area contributed by atoms with Crippen molar-refractivity contribution in [3.8, 4) is 0 Å². The quantitative estimate of drug-likeness (QED) is 0.253. The van der Waals surface area contributed by atoms with Gasteiger partial charge in [0.05, 0.1) is 0 Å². The van der Waals surface area contributed by atoms with Gasteiger partial charge in [0.15, 0.2) is 0 Å². The zero-order valence-corrected chi connectivity index (χ0v) is 7.57. The highest BCUT2D eigenvalue weighted by Crippen LogP contribution is 2.32. The fourth-order valence-electron chi connectivity index (χ4n) is 1.33. The summed E-state index contributed by atoms with van der Waals surface area (Å²) < 4.78 is 7.22. The van der Waals surface area contributed by atoms with Gasteiger partial charge in [-0.2, -0.15) is 4.31 Å². The lowest BCUT2D eigenvalue weighted by atomic mass is 10.1. The summed E-state index contributed by atoms with van der Waals surface area (Å²) in [4.78, 5) is 8.98. The molecule has 0 radical (unpaired) electrons. The van der Waals surface area contributed by atoms with Gasteiger partial charge in [0.1, 0.15) is 11.9 Å². The maximum atomic E-state index is 8.98. The Kier molecular flexibility index (Phi) is 3.04. The van der Waals surface area contributed by atoms with Crippen LogP contribution in [0.5, 0.6) is 0 Å². The molecule has 64 valence electrons. The number of rotatable bonds is 0. The minimum absolute atomic E-state index is 0. The highest BCUT2D eigenvalue weighted by Gasteiger charge is 2.42. The molecule has 0 aromatic carbocycles. The molecule has 5 heteroatoms. The maximum Gasteiger partial charge on any atom is 0.567 e. The normalized spacial score (nSPS) is 30.5. The Hall–Kier alpha value is 0.0700. The third-order valence-electron chi connectivity index (χ3n) is 1.83. The molecule has 0 amide bonds. The first-order chi connectivity index (χ1) is 4.86. The van der Waals surface area contributed by atoms with Gasteiger partial charge >= 0.3 is 5.30 Å². The maximum absolute atomic E-state index is 8.98.